The predicted molar refractivity (Wildman–Crippen MR) is 50.2 cm³/mol. The van der Waals surface area contributed by atoms with E-state index < -0.39 is 6.03 Å². The summed E-state index contributed by atoms with van der Waals surface area (Å²) >= 11 is 0. The monoisotopic (exact) mass is 206 g/mol. The Balaban J connectivity index is 2.95. The minimum absolute atomic E-state index is 0.361. The molecule has 0 saturated carbocycles. The van der Waals surface area contributed by atoms with Gasteiger partial charge in [0.25, 0.3) is 0 Å². The van der Waals surface area contributed by atoms with E-state index in [0.29, 0.717) is 26.4 Å². The molecule has 0 saturated heterocycles. The van der Waals surface area contributed by atoms with Gasteiger partial charge in [-0.3, -0.25) is 5.21 Å². The van der Waals surface area contributed by atoms with Crippen molar-refractivity contribution in [3.05, 3.63) is 0 Å². The van der Waals surface area contributed by atoms with Gasteiger partial charge >= 0.3 is 6.03 Å². The highest BCUT2D eigenvalue weighted by atomic mass is 16.5. The Hall–Kier alpha value is -0.850. The molecular weight excluding hydrogens is 188 g/mol. The van der Waals surface area contributed by atoms with Crippen molar-refractivity contribution in [3.8, 4) is 0 Å². The first kappa shape index (κ1) is 13.2. The van der Waals surface area contributed by atoms with E-state index in [0.717, 1.165) is 13.0 Å². The smallest absolute Gasteiger partial charge is 0.338 e. The summed E-state index contributed by atoms with van der Waals surface area (Å²) in [5.41, 5.74) is 1.45. The van der Waals surface area contributed by atoms with Gasteiger partial charge in [0.2, 0.25) is 0 Å². The van der Waals surface area contributed by atoms with Crippen molar-refractivity contribution in [1.29, 1.82) is 0 Å². The van der Waals surface area contributed by atoms with Gasteiger partial charge in [0.15, 0.2) is 0 Å². The number of hydrogen-bond acceptors (Lipinski definition) is 4. The Morgan fingerprint density at radius 2 is 1.86 bits per heavy atom. The Morgan fingerprint density at radius 1 is 1.21 bits per heavy atom. The standard InChI is InChI=1S/C8H18N2O4/c1-2-4-13-6-7-14-5-3-9-8(11)10-12/h12H,2-7H2,1H3,(H2,9,10,11). The molecule has 0 rings (SSSR count). The lowest BCUT2D eigenvalue weighted by molar-refractivity contribution is 0.0492. The number of urea groups is 1. The van der Waals surface area contributed by atoms with E-state index in [-0.39, 0.29) is 0 Å². The lowest BCUT2D eigenvalue weighted by Gasteiger charge is -2.05. The molecular formula is C8H18N2O4. The molecule has 0 aliphatic rings. The summed E-state index contributed by atoms with van der Waals surface area (Å²) in [6, 6.07) is -0.629. The molecule has 2 amide bonds. The normalized spacial score (nSPS) is 9.86. The van der Waals surface area contributed by atoms with Crippen LogP contribution >= 0.6 is 0 Å². The average molecular weight is 206 g/mol. The van der Waals surface area contributed by atoms with E-state index in [1.54, 1.807) is 0 Å². The summed E-state index contributed by atoms with van der Waals surface area (Å²) in [4.78, 5) is 10.4. The SMILES string of the molecule is CCCOCCOCCNC(=O)NO. The highest BCUT2D eigenvalue weighted by Crippen LogP contribution is 1.81. The van der Waals surface area contributed by atoms with Crippen LogP contribution in [-0.2, 0) is 9.47 Å². The van der Waals surface area contributed by atoms with E-state index in [2.05, 4.69) is 5.32 Å². The molecule has 6 nitrogen and oxygen atoms in total. The summed E-state index contributed by atoms with van der Waals surface area (Å²) in [6.45, 7) is 4.64. The largest absolute Gasteiger partial charge is 0.379 e. The molecule has 0 atom stereocenters. The summed E-state index contributed by atoms with van der Waals surface area (Å²) < 4.78 is 10.3. The van der Waals surface area contributed by atoms with Gasteiger partial charge in [0.1, 0.15) is 0 Å². The molecule has 14 heavy (non-hydrogen) atoms. The van der Waals surface area contributed by atoms with Crippen molar-refractivity contribution in [2.45, 2.75) is 13.3 Å². The van der Waals surface area contributed by atoms with Crippen LogP contribution in [0, 0.1) is 0 Å². The van der Waals surface area contributed by atoms with Gasteiger partial charge in [0.05, 0.1) is 19.8 Å². The maximum Gasteiger partial charge on any atom is 0.338 e. The molecule has 0 aromatic heterocycles. The maximum atomic E-state index is 10.4. The van der Waals surface area contributed by atoms with Gasteiger partial charge in [-0.2, -0.15) is 0 Å². The number of hydroxylamine groups is 1. The lowest BCUT2D eigenvalue weighted by atomic mass is 10.5. The summed E-state index contributed by atoms with van der Waals surface area (Å²) in [7, 11) is 0. The van der Waals surface area contributed by atoms with E-state index in [1.807, 2.05) is 6.92 Å². The fourth-order valence-electron chi connectivity index (χ4n) is 0.743. The lowest BCUT2D eigenvalue weighted by Crippen LogP contribution is -2.35. The van der Waals surface area contributed by atoms with Crippen LogP contribution in [0.3, 0.4) is 0 Å². The van der Waals surface area contributed by atoms with Crippen LogP contribution in [0.1, 0.15) is 13.3 Å². The molecule has 0 spiro atoms. The molecule has 0 radical (unpaired) electrons. The van der Waals surface area contributed by atoms with Gasteiger partial charge in [0, 0.05) is 13.2 Å². The first-order chi connectivity index (χ1) is 6.81. The van der Waals surface area contributed by atoms with E-state index in [1.165, 1.54) is 5.48 Å². The fourth-order valence-corrected chi connectivity index (χ4v) is 0.743. The van der Waals surface area contributed by atoms with Crippen LogP contribution in [0.2, 0.25) is 0 Å². The van der Waals surface area contributed by atoms with Crippen LogP contribution in [0.5, 0.6) is 0 Å². The molecule has 0 fully saturated rings. The van der Waals surface area contributed by atoms with Crippen molar-refractivity contribution in [2.75, 3.05) is 33.0 Å². The first-order valence-corrected chi connectivity index (χ1v) is 4.64. The van der Waals surface area contributed by atoms with Crippen LogP contribution in [-0.4, -0.2) is 44.2 Å². The summed E-state index contributed by atoms with van der Waals surface area (Å²) in [5.74, 6) is 0. The van der Waals surface area contributed by atoms with Crippen LogP contribution in [0.4, 0.5) is 4.79 Å². The Bertz CT molecular complexity index is 143. The topological polar surface area (TPSA) is 79.8 Å². The number of hydrogen-bond donors (Lipinski definition) is 3. The fraction of sp³-hybridized carbons (Fsp3) is 0.875. The molecule has 0 aromatic carbocycles. The van der Waals surface area contributed by atoms with Crippen molar-refractivity contribution < 1.29 is 19.5 Å². The summed E-state index contributed by atoms with van der Waals surface area (Å²) in [6.07, 6.45) is 0.998. The Kier molecular flexibility index (Phi) is 9.61. The zero-order chi connectivity index (χ0) is 10.6. The van der Waals surface area contributed by atoms with Crippen molar-refractivity contribution in [3.63, 3.8) is 0 Å². The third kappa shape index (κ3) is 9.24. The number of ether oxygens (including phenoxy) is 2. The van der Waals surface area contributed by atoms with Gasteiger partial charge in [-0.25, -0.2) is 10.3 Å². The molecule has 0 aliphatic carbocycles. The molecule has 84 valence electrons. The van der Waals surface area contributed by atoms with Crippen molar-refractivity contribution >= 4 is 6.03 Å². The maximum absolute atomic E-state index is 10.4. The third-order valence-electron chi connectivity index (χ3n) is 1.35. The molecule has 0 unspecified atom stereocenters. The van der Waals surface area contributed by atoms with E-state index >= 15 is 0 Å². The second-order valence-electron chi connectivity index (χ2n) is 2.59. The summed E-state index contributed by atoms with van der Waals surface area (Å²) in [5, 5.41) is 10.5. The number of rotatable bonds is 8. The predicted octanol–water partition coefficient (Wildman–Crippen LogP) is 0.118. The van der Waals surface area contributed by atoms with Gasteiger partial charge in [-0.05, 0) is 6.42 Å². The number of carbonyl (C=O) groups excluding carboxylic acids is 1. The van der Waals surface area contributed by atoms with Crippen molar-refractivity contribution in [1.82, 2.24) is 10.8 Å². The van der Waals surface area contributed by atoms with Crippen LogP contribution in [0.25, 0.3) is 0 Å². The van der Waals surface area contributed by atoms with Gasteiger partial charge in [-0.1, -0.05) is 6.92 Å². The number of carbonyl (C=O) groups is 1. The quantitative estimate of drug-likeness (QED) is 0.299. The molecule has 0 aromatic rings. The van der Waals surface area contributed by atoms with Gasteiger partial charge in [-0.15, -0.1) is 0 Å². The molecule has 0 heterocycles. The van der Waals surface area contributed by atoms with Crippen LogP contribution in [0.15, 0.2) is 0 Å². The second kappa shape index (κ2) is 10.2. The molecule has 0 bridgehead atoms. The first-order valence-electron chi connectivity index (χ1n) is 4.64. The van der Waals surface area contributed by atoms with E-state index in [4.69, 9.17) is 14.7 Å². The second-order valence-corrected chi connectivity index (χ2v) is 2.59. The Labute approximate surface area is 83.5 Å². The molecule has 3 N–H and O–H groups in total. The number of nitrogens with one attached hydrogen (secondary N) is 2. The zero-order valence-electron chi connectivity index (χ0n) is 8.41. The Morgan fingerprint density at radius 3 is 2.43 bits per heavy atom. The highest BCUT2D eigenvalue weighted by Gasteiger charge is 1.94. The minimum atomic E-state index is -0.629. The molecule has 0 aliphatic heterocycles. The van der Waals surface area contributed by atoms with Crippen molar-refractivity contribution in [2.24, 2.45) is 0 Å². The van der Waals surface area contributed by atoms with Crippen LogP contribution < -0.4 is 10.8 Å². The molecule has 6 heteroatoms. The van der Waals surface area contributed by atoms with E-state index in [9.17, 15) is 4.79 Å². The highest BCUT2D eigenvalue weighted by molar-refractivity contribution is 5.72. The zero-order valence-corrected chi connectivity index (χ0v) is 8.41. The average Bonchev–Trinajstić information content (AvgIpc) is 2.21. The van der Waals surface area contributed by atoms with Gasteiger partial charge < -0.3 is 14.8 Å². The third-order valence-corrected chi connectivity index (χ3v) is 1.35. The minimum Gasteiger partial charge on any atom is -0.379 e. The number of amides is 2.